The molecule has 1 N–H and O–H groups in total. The average molecular weight is 194 g/mol. The van der Waals surface area contributed by atoms with E-state index in [0.29, 0.717) is 12.0 Å². The molecule has 1 aromatic rings. The van der Waals surface area contributed by atoms with Gasteiger partial charge in [-0.05, 0) is 18.8 Å². The lowest BCUT2D eigenvalue weighted by molar-refractivity contribution is 0.453. The second-order valence-electron chi connectivity index (χ2n) is 4.50. The third kappa shape index (κ3) is 1.51. The van der Waals surface area contributed by atoms with Crippen molar-refractivity contribution in [3.8, 4) is 0 Å². The molecule has 0 spiro atoms. The second-order valence-corrected chi connectivity index (χ2v) is 4.50. The molecule has 3 nitrogen and oxygen atoms in total. The van der Waals surface area contributed by atoms with Crippen LogP contribution in [0, 0.1) is 0 Å². The number of aromatic nitrogens is 2. The zero-order valence-corrected chi connectivity index (χ0v) is 8.92. The van der Waals surface area contributed by atoms with Gasteiger partial charge in [-0.25, -0.2) is 4.68 Å². The molecule has 0 saturated heterocycles. The fourth-order valence-electron chi connectivity index (χ4n) is 2.25. The van der Waals surface area contributed by atoms with E-state index in [2.05, 4.69) is 18.9 Å². The van der Waals surface area contributed by atoms with E-state index in [1.54, 1.807) is 0 Å². The normalized spacial score (nSPS) is 18.2. The summed E-state index contributed by atoms with van der Waals surface area (Å²) in [5.74, 6) is 0.321. The van der Waals surface area contributed by atoms with Crippen LogP contribution in [0.3, 0.4) is 0 Å². The molecule has 0 unspecified atom stereocenters. The minimum atomic E-state index is 0.187. The van der Waals surface area contributed by atoms with Gasteiger partial charge in [0, 0.05) is 11.8 Å². The Morgan fingerprint density at radius 2 is 2.07 bits per heavy atom. The predicted molar refractivity (Wildman–Crippen MR) is 56.6 cm³/mol. The van der Waals surface area contributed by atoms with Gasteiger partial charge in [-0.15, -0.1) is 0 Å². The van der Waals surface area contributed by atoms with Crippen LogP contribution < -0.4 is 5.56 Å². The maximum Gasteiger partial charge on any atom is 0.270 e. The van der Waals surface area contributed by atoms with Gasteiger partial charge in [-0.2, -0.15) is 0 Å². The van der Waals surface area contributed by atoms with Crippen LogP contribution >= 0.6 is 0 Å². The minimum Gasteiger partial charge on any atom is -0.302 e. The number of rotatable bonds is 2. The largest absolute Gasteiger partial charge is 0.302 e. The molecule has 0 bridgehead atoms. The Balaban J connectivity index is 2.31. The molecule has 0 aromatic carbocycles. The number of aromatic amines is 1. The molecule has 14 heavy (non-hydrogen) atoms. The van der Waals surface area contributed by atoms with E-state index in [0.717, 1.165) is 18.4 Å². The zero-order valence-electron chi connectivity index (χ0n) is 8.92. The van der Waals surface area contributed by atoms with Gasteiger partial charge in [-0.1, -0.05) is 26.7 Å². The molecule has 0 atom stereocenters. The molecule has 1 heterocycles. The highest BCUT2D eigenvalue weighted by molar-refractivity contribution is 5.10. The van der Waals surface area contributed by atoms with E-state index >= 15 is 0 Å². The number of hydrogen-bond acceptors (Lipinski definition) is 1. The van der Waals surface area contributed by atoms with Crippen LogP contribution in [0.4, 0.5) is 0 Å². The third-order valence-electron chi connectivity index (χ3n) is 3.14. The minimum absolute atomic E-state index is 0.187. The summed E-state index contributed by atoms with van der Waals surface area (Å²) in [6, 6.07) is 0.426. The van der Waals surface area contributed by atoms with E-state index in [1.807, 2.05) is 10.9 Å². The van der Waals surface area contributed by atoms with E-state index < -0.39 is 0 Å². The first-order chi connectivity index (χ1) is 6.70. The molecule has 0 aliphatic heterocycles. The maximum absolute atomic E-state index is 11.9. The van der Waals surface area contributed by atoms with Crippen molar-refractivity contribution in [2.45, 2.75) is 51.5 Å². The molecule has 1 aromatic heterocycles. The van der Waals surface area contributed by atoms with Gasteiger partial charge in [0.15, 0.2) is 0 Å². The van der Waals surface area contributed by atoms with Crippen LogP contribution in [0.2, 0.25) is 0 Å². The molecule has 0 amide bonds. The highest BCUT2D eigenvalue weighted by Gasteiger charge is 2.20. The van der Waals surface area contributed by atoms with Crippen LogP contribution in [-0.2, 0) is 0 Å². The van der Waals surface area contributed by atoms with Crippen molar-refractivity contribution in [2.24, 2.45) is 0 Å². The molecular formula is C11H18N2O. The van der Waals surface area contributed by atoms with E-state index in [4.69, 9.17) is 0 Å². The second kappa shape index (κ2) is 3.64. The van der Waals surface area contributed by atoms with Crippen molar-refractivity contribution < 1.29 is 0 Å². The number of nitrogens with zero attached hydrogens (tertiary/aromatic N) is 1. The summed E-state index contributed by atoms with van der Waals surface area (Å²) in [5.41, 5.74) is 1.10. The Morgan fingerprint density at radius 1 is 1.43 bits per heavy atom. The summed E-state index contributed by atoms with van der Waals surface area (Å²) in [6.45, 7) is 4.12. The highest BCUT2D eigenvalue weighted by Crippen LogP contribution is 2.27. The lowest BCUT2D eigenvalue weighted by atomic mass is 10.1. The summed E-state index contributed by atoms with van der Waals surface area (Å²) < 4.78 is 1.82. The summed E-state index contributed by atoms with van der Waals surface area (Å²) in [5, 5.41) is 3.10. The lowest BCUT2D eigenvalue weighted by Gasteiger charge is -2.08. The van der Waals surface area contributed by atoms with Gasteiger partial charge >= 0.3 is 0 Å². The number of hydrogen-bond donors (Lipinski definition) is 1. The van der Waals surface area contributed by atoms with Gasteiger partial charge in [0.25, 0.3) is 5.56 Å². The molecule has 0 radical (unpaired) electrons. The van der Waals surface area contributed by atoms with Crippen molar-refractivity contribution >= 4 is 0 Å². The van der Waals surface area contributed by atoms with Crippen molar-refractivity contribution in [1.82, 2.24) is 9.78 Å². The van der Waals surface area contributed by atoms with Gasteiger partial charge in [0.05, 0.1) is 6.04 Å². The first-order valence-electron chi connectivity index (χ1n) is 5.50. The Hall–Kier alpha value is -0.990. The van der Waals surface area contributed by atoms with Crippen LogP contribution in [0.1, 0.15) is 57.1 Å². The van der Waals surface area contributed by atoms with Gasteiger partial charge < -0.3 is 5.10 Å². The fraction of sp³-hybridized carbons (Fsp3) is 0.727. The molecule has 1 aliphatic carbocycles. The topological polar surface area (TPSA) is 37.8 Å². The Morgan fingerprint density at radius 3 is 2.57 bits per heavy atom. The summed E-state index contributed by atoms with van der Waals surface area (Å²) >= 11 is 0. The van der Waals surface area contributed by atoms with Crippen molar-refractivity contribution in [3.05, 3.63) is 22.1 Å². The zero-order chi connectivity index (χ0) is 10.1. The average Bonchev–Trinajstić information content (AvgIpc) is 2.71. The van der Waals surface area contributed by atoms with Crippen molar-refractivity contribution in [1.29, 1.82) is 0 Å². The SMILES string of the molecule is CC(C)c1c[nH]n(C2CCCC2)c1=O. The standard InChI is InChI=1S/C11H18N2O/c1-8(2)10-7-12-13(11(10)14)9-5-3-4-6-9/h7-9,12H,3-6H2,1-2H3. The lowest BCUT2D eigenvalue weighted by Crippen LogP contribution is -2.23. The number of nitrogens with one attached hydrogen (secondary N) is 1. The van der Waals surface area contributed by atoms with Crippen molar-refractivity contribution in [3.63, 3.8) is 0 Å². The van der Waals surface area contributed by atoms with Crippen LogP contribution in [0.15, 0.2) is 11.0 Å². The molecule has 1 fully saturated rings. The fourth-order valence-corrected chi connectivity index (χ4v) is 2.25. The number of H-pyrrole nitrogens is 1. The molecule has 3 heteroatoms. The van der Waals surface area contributed by atoms with Crippen LogP contribution in [0.5, 0.6) is 0 Å². The quantitative estimate of drug-likeness (QED) is 0.771. The van der Waals surface area contributed by atoms with E-state index in [9.17, 15) is 4.79 Å². The van der Waals surface area contributed by atoms with Gasteiger partial charge in [0.2, 0.25) is 0 Å². The monoisotopic (exact) mass is 194 g/mol. The van der Waals surface area contributed by atoms with Gasteiger partial charge in [-0.3, -0.25) is 4.79 Å². The first-order valence-corrected chi connectivity index (χ1v) is 5.50. The van der Waals surface area contributed by atoms with Gasteiger partial charge in [0.1, 0.15) is 0 Å². The smallest absolute Gasteiger partial charge is 0.270 e. The predicted octanol–water partition coefficient (Wildman–Crippen LogP) is 2.41. The molecular weight excluding hydrogens is 176 g/mol. The van der Waals surface area contributed by atoms with E-state index in [-0.39, 0.29) is 5.56 Å². The molecule has 78 valence electrons. The molecule has 2 rings (SSSR count). The maximum atomic E-state index is 11.9. The summed E-state index contributed by atoms with van der Waals surface area (Å²) in [4.78, 5) is 11.9. The van der Waals surface area contributed by atoms with Crippen molar-refractivity contribution in [2.75, 3.05) is 0 Å². The van der Waals surface area contributed by atoms with Crippen LogP contribution in [0.25, 0.3) is 0 Å². The van der Waals surface area contributed by atoms with E-state index in [1.165, 1.54) is 12.8 Å². The third-order valence-corrected chi connectivity index (χ3v) is 3.14. The summed E-state index contributed by atoms with van der Waals surface area (Å²) in [6.07, 6.45) is 6.68. The first kappa shape index (κ1) is 9.56. The highest BCUT2D eigenvalue weighted by atomic mass is 16.1. The molecule has 1 aliphatic rings. The van der Waals surface area contributed by atoms with Crippen LogP contribution in [-0.4, -0.2) is 9.78 Å². The Bertz CT molecular complexity index is 356. The Kier molecular flexibility index (Phi) is 2.48. The summed E-state index contributed by atoms with van der Waals surface area (Å²) in [7, 11) is 0. The Labute approximate surface area is 84.1 Å². The molecule has 1 saturated carbocycles.